The van der Waals surface area contributed by atoms with E-state index in [1.807, 2.05) is 0 Å². The van der Waals surface area contributed by atoms with Crippen molar-refractivity contribution in [3.05, 3.63) is 50.7 Å². The molecule has 6 heteroatoms. The lowest BCUT2D eigenvalue weighted by Gasteiger charge is -2.05. The van der Waals surface area contributed by atoms with Crippen molar-refractivity contribution in [2.24, 2.45) is 0 Å². The van der Waals surface area contributed by atoms with Gasteiger partial charge >= 0.3 is 5.69 Å². The number of hydrogen-bond acceptors (Lipinski definition) is 2. The van der Waals surface area contributed by atoms with Gasteiger partial charge in [-0.25, -0.2) is 9.18 Å². The maximum atomic E-state index is 13.4. The van der Waals surface area contributed by atoms with Gasteiger partial charge in [-0.3, -0.25) is 0 Å². The number of hydrogen-bond donors (Lipinski definition) is 1. The number of aromatic amines is 1. The highest BCUT2D eigenvalue weighted by atomic mass is 35.5. The van der Waals surface area contributed by atoms with Gasteiger partial charge in [0.15, 0.2) is 5.82 Å². The van der Waals surface area contributed by atoms with E-state index in [0.717, 1.165) is 6.20 Å². The van der Waals surface area contributed by atoms with E-state index in [9.17, 15) is 9.18 Å². The molecule has 0 atom stereocenters. The largest absolute Gasteiger partial charge is 0.345 e. The molecule has 0 saturated heterocycles. The van der Waals surface area contributed by atoms with Crippen molar-refractivity contribution in [2.45, 2.75) is 0 Å². The molecule has 82 valence electrons. The monoisotopic (exact) mass is 258 g/mol. The summed E-state index contributed by atoms with van der Waals surface area (Å²) in [6.45, 7) is 0. The maximum absolute atomic E-state index is 13.4. The second-order valence-electron chi connectivity index (χ2n) is 3.01. The number of rotatable bonds is 1. The van der Waals surface area contributed by atoms with Crippen LogP contribution >= 0.6 is 23.2 Å². The van der Waals surface area contributed by atoms with Crippen LogP contribution in [0.2, 0.25) is 10.0 Å². The fourth-order valence-electron chi connectivity index (χ4n) is 1.27. The van der Waals surface area contributed by atoms with Crippen LogP contribution in [-0.2, 0) is 0 Å². The summed E-state index contributed by atoms with van der Waals surface area (Å²) in [5.74, 6) is -0.663. The van der Waals surface area contributed by atoms with Crippen molar-refractivity contribution >= 4 is 23.2 Å². The van der Waals surface area contributed by atoms with Crippen molar-refractivity contribution in [1.82, 2.24) is 9.97 Å². The van der Waals surface area contributed by atoms with Crippen molar-refractivity contribution < 1.29 is 4.39 Å². The van der Waals surface area contributed by atoms with Gasteiger partial charge in [0, 0.05) is 5.56 Å². The zero-order valence-corrected chi connectivity index (χ0v) is 9.31. The highest BCUT2D eigenvalue weighted by molar-refractivity contribution is 6.43. The van der Waals surface area contributed by atoms with E-state index in [1.54, 1.807) is 18.2 Å². The molecule has 0 radical (unpaired) electrons. The minimum Gasteiger partial charge on any atom is -0.303 e. The van der Waals surface area contributed by atoms with Crippen molar-refractivity contribution in [1.29, 1.82) is 0 Å². The first-order valence-electron chi connectivity index (χ1n) is 4.29. The van der Waals surface area contributed by atoms with Crippen LogP contribution in [0, 0.1) is 5.82 Å². The van der Waals surface area contributed by atoms with Crippen LogP contribution in [0.15, 0.2) is 29.2 Å². The molecule has 0 bridgehead atoms. The molecule has 2 aromatic rings. The third-order valence-electron chi connectivity index (χ3n) is 1.99. The van der Waals surface area contributed by atoms with Crippen LogP contribution < -0.4 is 5.69 Å². The average molecular weight is 259 g/mol. The minimum absolute atomic E-state index is 0.0208. The van der Waals surface area contributed by atoms with Crippen LogP contribution in [0.25, 0.3) is 11.3 Å². The summed E-state index contributed by atoms with van der Waals surface area (Å²) in [6.07, 6.45) is 0.839. The Morgan fingerprint density at radius 2 is 2.06 bits per heavy atom. The lowest BCUT2D eigenvalue weighted by atomic mass is 10.1. The molecule has 1 aromatic heterocycles. The average Bonchev–Trinajstić information content (AvgIpc) is 2.26. The predicted molar refractivity (Wildman–Crippen MR) is 60.3 cm³/mol. The Bertz CT molecular complexity index is 598. The van der Waals surface area contributed by atoms with Crippen molar-refractivity contribution in [2.75, 3.05) is 0 Å². The van der Waals surface area contributed by atoms with Crippen LogP contribution in [0.3, 0.4) is 0 Å². The smallest absolute Gasteiger partial charge is 0.303 e. The SMILES string of the molecule is O=c1ncc(F)c(-c2cccc(Cl)c2Cl)[nH]1. The molecule has 16 heavy (non-hydrogen) atoms. The van der Waals surface area contributed by atoms with Crippen LogP contribution in [0.4, 0.5) is 4.39 Å². The normalized spacial score (nSPS) is 10.4. The predicted octanol–water partition coefficient (Wildman–Crippen LogP) is 2.88. The van der Waals surface area contributed by atoms with E-state index in [0.29, 0.717) is 5.56 Å². The van der Waals surface area contributed by atoms with Gasteiger partial charge in [0.2, 0.25) is 0 Å². The molecular formula is C10H5Cl2FN2O. The molecule has 0 spiro atoms. The Labute approximate surface area is 99.9 Å². The molecule has 1 heterocycles. The fourth-order valence-corrected chi connectivity index (χ4v) is 1.67. The molecule has 1 aromatic carbocycles. The molecule has 0 saturated carbocycles. The van der Waals surface area contributed by atoms with E-state index >= 15 is 0 Å². The lowest BCUT2D eigenvalue weighted by molar-refractivity contribution is 0.615. The van der Waals surface area contributed by atoms with Gasteiger partial charge in [-0.2, -0.15) is 4.98 Å². The van der Waals surface area contributed by atoms with E-state index in [-0.39, 0.29) is 15.7 Å². The van der Waals surface area contributed by atoms with Gasteiger partial charge in [-0.15, -0.1) is 0 Å². The molecule has 1 N–H and O–H groups in total. The molecule has 0 amide bonds. The van der Waals surface area contributed by atoms with Gasteiger partial charge in [-0.05, 0) is 6.07 Å². The molecule has 0 aliphatic rings. The number of nitrogens with zero attached hydrogens (tertiary/aromatic N) is 1. The fraction of sp³-hybridized carbons (Fsp3) is 0. The number of benzene rings is 1. The van der Waals surface area contributed by atoms with Crippen LogP contribution in [0.5, 0.6) is 0 Å². The molecular weight excluding hydrogens is 254 g/mol. The second-order valence-corrected chi connectivity index (χ2v) is 3.80. The van der Waals surface area contributed by atoms with E-state index in [4.69, 9.17) is 23.2 Å². The van der Waals surface area contributed by atoms with Gasteiger partial charge < -0.3 is 4.98 Å². The van der Waals surface area contributed by atoms with E-state index in [1.165, 1.54) is 0 Å². The number of H-pyrrole nitrogens is 1. The highest BCUT2D eigenvalue weighted by Gasteiger charge is 2.12. The summed E-state index contributed by atoms with van der Waals surface area (Å²) >= 11 is 11.7. The molecule has 3 nitrogen and oxygen atoms in total. The standard InChI is InChI=1S/C10H5Cl2FN2O/c11-6-3-1-2-5(8(6)12)9-7(13)4-14-10(16)15-9/h1-4H,(H,14,15,16). The van der Waals surface area contributed by atoms with Gasteiger partial charge in [0.1, 0.15) is 0 Å². The third-order valence-corrected chi connectivity index (χ3v) is 2.81. The summed E-state index contributed by atoms with van der Waals surface area (Å²) in [5.41, 5.74) is -0.342. The topological polar surface area (TPSA) is 45.8 Å². The highest BCUT2D eigenvalue weighted by Crippen LogP contribution is 2.32. The number of halogens is 3. The summed E-state index contributed by atoms with van der Waals surface area (Å²) < 4.78 is 13.4. The van der Waals surface area contributed by atoms with E-state index in [2.05, 4.69) is 9.97 Å². The molecule has 0 unspecified atom stereocenters. The second kappa shape index (κ2) is 4.23. The van der Waals surface area contributed by atoms with Crippen LogP contribution in [0.1, 0.15) is 0 Å². The first-order valence-corrected chi connectivity index (χ1v) is 5.04. The summed E-state index contributed by atoms with van der Waals surface area (Å²) in [6, 6.07) is 4.74. The van der Waals surface area contributed by atoms with Crippen molar-refractivity contribution in [3.63, 3.8) is 0 Å². The van der Waals surface area contributed by atoms with E-state index < -0.39 is 11.5 Å². The van der Waals surface area contributed by atoms with Gasteiger partial charge in [0.05, 0.1) is 21.9 Å². The Morgan fingerprint density at radius 1 is 1.31 bits per heavy atom. The van der Waals surface area contributed by atoms with Gasteiger partial charge in [0.25, 0.3) is 0 Å². The quantitative estimate of drug-likeness (QED) is 0.855. The maximum Gasteiger partial charge on any atom is 0.345 e. The summed E-state index contributed by atoms with van der Waals surface area (Å²) in [5, 5.41) is 0.473. The first-order chi connectivity index (χ1) is 7.59. The Kier molecular flexibility index (Phi) is 2.94. The van der Waals surface area contributed by atoms with Gasteiger partial charge in [-0.1, -0.05) is 35.3 Å². The molecule has 0 fully saturated rings. The molecule has 0 aliphatic heterocycles. The molecule has 2 rings (SSSR count). The molecule has 0 aliphatic carbocycles. The Balaban J connectivity index is 2.72. The lowest BCUT2D eigenvalue weighted by Crippen LogP contribution is -2.11. The minimum atomic E-state index is -0.663. The van der Waals surface area contributed by atoms with Crippen molar-refractivity contribution in [3.8, 4) is 11.3 Å². The summed E-state index contributed by atoms with van der Waals surface area (Å²) in [4.78, 5) is 16.5. The number of nitrogens with one attached hydrogen (secondary N) is 1. The zero-order chi connectivity index (χ0) is 11.7. The summed E-state index contributed by atoms with van der Waals surface area (Å²) in [7, 11) is 0. The zero-order valence-electron chi connectivity index (χ0n) is 7.80. The third kappa shape index (κ3) is 1.94. The van der Waals surface area contributed by atoms with Crippen LogP contribution in [-0.4, -0.2) is 9.97 Å². The Morgan fingerprint density at radius 3 is 2.81 bits per heavy atom. The first kappa shape index (κ1) is 11.1. The number of aromatic nitrogens is 2. The Hall–Kier alpha value is -1.39.